The Hall–Kier alpha value is -0.830. The summed E-state index contributed by atoms with van der Waals surface area (Å²) in [5.74, 6) is 1.50. The Morgan fingerprint density at radius 1 is 1.50 bits per heavy atom. The number of nitrogens with zero attached hydrogens (tertiary/aromatic N) is 1. The molecular weight excluding hydrogens is 152 g/mol. The van der Waals surface area contributed by atoms with Crippen LogP contribution in [0.5, 0.6) is 0 Å². The first-order valence-corrected chi connectivity index (χ1v) is 4.13. The summed E-state index contributed by atoms with van der Waals surface area (Å²) in [6.45, 7) is 8.10. The van der Waals surface area contributed by atoms with Crippen molar-refractivity contribution in [2.45, 2.75) is 39.2 Å². The van der Waals surface area contributed by atoms with Crippen molar-refractivity contribution in [3.63, 3.8) is 0 Å². The summed E-state index contributed by atoms with van der Waals surface area (Å²) in [6.07, 6.45) is 1.75. The Balaban J connectivity index is 2.92. The Bertz CT molecular complexity index is 258. The lowest BCUT2D eigenvalue weighted by Crippen LogP contribution is -2.09. The van der Waals surface area contributed by atoms with Crippen LogP contribution < -0.4 is 5.73 Å². The van der Waals surface area contributed by atoms with E-state index in [2.05, 4.69) is 25.8 Å². The molecule has 0 aliphatic carbocycles. The molecule has 0 saturated carbocycles. The van der Waals surface area contributed by atoms with Gasteiger partial charge in [0.2, 0.25) is 5.89 Å². The highest BCUT2D eigenvalue weighted by atomic mass is 16.4. The Labute approximate surface area is 73.0 Å². The first kappa shape index (κ1) is 9.26. The summed E-state index contributed by atoms with van der Waals surface area (Å²) < 4.78 is 5.47. The second kappa shape index (κ2) is 2.90. The number of aromatic nitrogens is 1. The average molecular weight is 168 g/mol. The molecule has 1 aromatic rings. The van der Waals surface area contributed by atoms with Gasteiger partial charge in [0.1, 0.15) is 5.76 Å². The molecule has 0 saturated heterocycles. The molecule has 68 valence electrons. The van der Waals surface area contributed by atoms with Crippen molar-refractivity contribution in [1.29, 1.82) is 0 Å². The van der Waals surface area contributed by atoms with Crippen molar-refractivity contribution in [3.8, 4) is 0 Å². The van der Waals surface area contributed by atoms with E-state index in [0.717, 1.165) is 5.76 Å². The SMILES string of the molecule is C[C@H](N)c1ncc(C(C)(C)C)o1. The van der Waals surface area contributed by atoms with E-state index < -0.39 is 0 Å². The standard InChI is InChI=1S/C9H16N2O/c1-6(10)8-11-5-7(12-8)9(2,3)4/h5-6H,10H2,1-4H3/t6-/m0/s1. The smallest absolute Gasteiger partial charge is 0.211 e. The van der Waals surface area contributed by atoms with E-state index in [1.807, 2.05) is 6.92 Å². The molecule has 0 radical (unpaired) electrons. The summed E-state index contributed by atoms with van der Waals surface area (Å²) in [5, 5.41) is 0. The van der Waals surface area contributed by atoms with E-state index in [9.17, 15) is 0 Å². The van der Waals surface area contributed by atoms with E-state index >= 15 is 0 Å². The first-order valence-electron chi connectivity index (χ1n) is 4.13. The van der Waals surface area contributed by atoms with E-state index in [4.69, 9.17) is 10.2 Å². The normalized spacial score (nSPS) is 14.8. The second-order valence-electron chi connectivity index (χ2n) is 4.10. The molecule has 0 spiro atoms. The molecule has 0 aromatic carbocycles. The van der Waals surface area contributed by atoms with Crippen LogP contribution >= 0.6 is 0 Å². The largest absolute Gasteiger partial charge is 0.443 e. The van der Waals surface area contributed by atoms with Crippen LogP contribution in [0.15, 0.2) is 10.6 Å². The second-order valence-corrected chi connectivity index (χ2v) is 4.10. The van der Waals surface area contributed by atoms with Crippen LogP contribution in [0.1, 0.15) is 45.4 Å². The third-order valence-corrected chi connectivity index (χ3v) is 1.65. The molecule has 1 atom stereocenters. The first-order chi connectivity index (χ1) is 5.41. The molecule has 0 unspecified atom stereocenters. The van der Waals surface area contributed by atoms with Gasteiger partial charge < -0.3 is 10.2 Å². The van der Waals surface area contributed by atoms with Gasteiger partial charge in [0.05, 0.1) is 12.2 Å². The van der Waals surface area contributed by atoms with Crippen molar-refractivity contribution >= 4 is 0 Å². The summed E-state index contributed by atoms with van der Waals surface area (Å²) in [4.78, 5) is 4.09. The maximum absolute atomic E-state index is 5.61. The van der Waals surface area contributed by atoms with Crippen molar-refractivity contribution < 1.29 is 4.42 Å². The van der Waals surface area contributed by atoms with Crippen molar-refractivity contribution in [2.24, 2.45) is 5.73 Å². The fourth-order valence-electron chi connectivity index (χ4n) is 0.845. The van der Waals surface area contributed by atoms with Crippen LogP contribution in [-0.4, -0.2) is 4.98 Å². The Kier molecular flexibility index (Phi) is 2.24. The topological polar surface area (TPSA) is 52.0 Å². The zero-order chi connectivity index (χ0) is 9.35. The molecule has 0 amide bonds. The highest BCUT2D eigenvalue weighted by Gasteiger charge is 2.19. The Morgan fingerprint density at radius 2 is 2.08 bits per heavy atom. The van der Waals surface area contributed by atoms with Gasteiger partial charge in [0, 0.05) is 5.41 Å². The summed E-state index contributed by atoms with van der Waals surface area (Å²) in [6, 6.07) is -0.124. The number of hydrogen-bond acceptors (Lipinski definition) is 3. The lowest BCUT2D eigenvalue weighted by atomic mass is 9.94. The zero-order valence-electron chi connectivity index (χ0n) is 8.09. The van der Waals surface area contributed by atoms with Gasteiger partial charge in [-0.1, -0.05) is 20.8 Å². The highest BCUT2D eigenvalue weighted by molar-refractivity contribution is 5.06. The van der Waals surface area contributed by atoms with E-state index in [1.54, 1.807) is 6.20 Å². The van der Waals surface area contributed by atoms with E-state index in [-0.39, 0.29) is 11.5 Å². The monoisotopic (exact) mass is 168 g/mol. The zero-order valence-corrected chi connectivity index (χ0v) is 8.09. The highest BCUT2D eigenvalue weighted by Crippen LogP contribution is 2.23. The maximum Gasteiger partial charge on any atom is 0.211 e. The molecule has 1 aromatic heterocycles. The number of oxazole rings is 1. The van der Waals surface area contributed by atoms with Crippen molar-refractivity contribution in [1.82, 2.24) is 4.98 Å². The van der Waals surface area contributed by atoms with Gasteiger partial charge in [-0.25, -0.2) is 4.98 Å². The molecular formula is C9H16N2O. The minimum Gasteiger partial charge on any atom is -0.443 e. The van der Waals surface area contributed by atoms with Crippen LogP contribution in [0, 0.1) is 0 Å². The van der Waals surface area contributed by atoms with Gasteiger partial charge in [-0.3, -0.25) is 0 Å². The fourth-order valence-corrected chi connectivity index (χ4v) is 0.845. The maximum atomic E-state index is 5.61. The molecule has 0 aliphatic heterocycles. The molecule has 2 N–H and O–H groups in total. The van der Waals surface area contributed by atoms with Gasteiger partial charge in [-0.2, -0.15) is 0 Å². The van der Waals surface area contributed by atoms with Crippen LogP contribution in [0.3, 0.4) is 0 Å². The predicted molar refractivity (Wildman–Crippen MR) is 47.8 cm³/mol. The lowest BCUT2D eigenvalue weighted by Gasteiger charge is -2.13. The van der Waals surface area contributed by atoms with E-state index in [1.165, 1.54) is 0 Å². The van der Waals surface area contributed by atoms with Gasteiger partial charge in [-0.15, -0.1) is 0 Å². The average Bonchev–Trinajstić information content (AvgIpc) is 2.30. The molecule has 12 heavy (non-hydrogen) atoms. The van der Waals surface area contributed by atoms with Crippen LogP contribution in [-0.2, 0) is 5.41 Å². The summed E-state index contributed by atoms with van der Waals surface area (Å²) in [7, 11) is 0. The van der Waals surface area contributed by atoms with Gasteiger partial charge >= 0.3 is 0 Å². The van der Waals surface area contributed by atoms with Crippen molar-refractivity contribution in [2.75, 3.05) is 0 Å². The third kappa shape index (κ3) is 1.85. The summed E-state index contributed by atoms with van der Waals surface area (Å²) >= 11 is 0. The molecule has 0 fully saturated rings. The predicted octanol–water partition coefficient (Wildman–Crippen LogP) is 1.99. The van der Waals surface area contributed by atoms with Crippen LogP contribution in [0.2, 0.25) is 0 Å². The van der Waals surface area contributed by atoms with Crippen LogP contribution in [0.25, 0.3) is 0 Å². The quantitative estimate of drug-likeness (QED) is 0.697. The van der Waals surface area contributed by atoms with Gasteiger partial charge in [-0.05, 0) is 6.92 Å². The molecule has 3 heteroatoms. The number of hydrogen-bond donors (Lipinski definition) is 1. The number of rotatable bonds is 1. The minimum atomic E-state index is -0.124. The van der Waals surface area contributed by atoms with Crippen molar-refractivity contribution in [3.05, 3.63) is 17.8 Å². The molecule has 0 bridgehead atoms. The molecule has 3 nitrogen and oxygen atoms in total. The van der Waals surface area contributed by atoms with E-state index in [0.29, 0.717) is 5.89 Å². The molecule has 1 rings (SSSR count). The number of nitrogens with two attached hydrogens (primary N) is 1. The lowest BCUT2D eigenvalue weighted by molar-refractivity contribution is 0.369. The molecule has 1 heterocycles. The van der Waals surface area contributed by atoms with Crippen LogP contribution in [0.4, 0.5) is 0 Å². The van der Waals surface area contributed by atoms with Gasteiger partial charge in [0.15, 0.2) is 0 Å². The minimum absolute atomic E-state index is 0.0140. The Morgan fingerprint density at radius 3 is 2.33 bits per heavy atom. The third-order valence-electron chi connectivity index (χ3n) is 1.65. The fraction of sp³-hybridized carbons (Fsp3) is 0.667. The van der Waals surface area contributed by atoms with Gasteiger partial charge in [0.25, 0.3) is 0 Å². The molecule has 0 aliphatic rings. The summed E-state index contributed by atoms with van der Waals surface area (Å²) in [5.41, 5.74) is 5.63.